The molecule has 0 saturated heterocycles. The number of esters is 1. The van der Waals surface area contributed by atoms with Gasteiger partial charge in [-0.25, -0.2) is 4.98 Å². The van der Waals surface area contributed by atoms with Crippen LogP contribution in [0.15, 0.2) is 48.5 Å². The Morgan fingerprint density at radius 3 is 2.60 bits per heavy atom. The maximum absolute atomic E-state index is 11.9. The summed E-state index contributed by atoms with van der Waals surface area (Å²) in [6.07, 6.45) is 0.830. The van der Waals surface area contributed by atoms with Crippen LogP contribution in [-0.2, 0) is 36.2 Å². The van der Waals surface area contributed by atoms with Crippen LogP contribution in [0.2, 0.25) is 0 Å². The second-order valence-electron chi connectivity index (χ2n) is 8.11. The minimum Gasteiger partial charge on any atom is -0.497 e. The van der Waals surface area contributed by atoms with Crippen molar-refractivity contribution in [2.75, 3.05) is 13.7 Å². The molecule has 0 fully saturated rings. The summed E-state index contributed by atoms with van der Waals surface area (Å²) >= 11 is 1.71. The van der Waals surface area contributed by atoms with Gasteiger partial charge in [-0.2, -0.15) is 0 Å². The molecular weight excluding hydrogens is 464 g/mol. The standard InChI is InChI=1S/C27H30N2O5S/c1-5-32-27(30)13-8-19-7-9-21(15-25(19)34-16-22-11-6-18(2)35-22)33-17-26-28-23-12-10-20(31-4)14-24(23)29(26)3/h6-7,9-12,14-15H,5,8,13,16-17H2,1-4H3. The molecule has 0 atom stereocenters. The summed E-state index contributed by atoms with van der Waals surface area (Å²) < 4.78 is 24.7. The lowest BCUT2D eigenvalue weighted by Gasteiger charge is -2.14. The fraction of sp³-hybridized carbons (Fsp3) is 0.333. The highest BCUT2D eigenvalue weighted by molar-refractivity contribution is 7.11. The van der Waals surface area contributed by atoms with E-state index in [2.05, 4.69) is 24.0 Å². The third-order valence-electron chi connectivity index (χ3n) is 5.66. The van der Waals surface area contributed by atoms with Gasteiger partial charge >= 0.3 is 5.97 Å². The van der Waals surface area contributed by atoms with Crippen molar-refractivity contribution in [1.82, 2.24) is 9.55 Å². The first-order valence-corrected chi connectivity index (χ1v) is 12.4. The van der Waals surface area contributed by atoms with Gasteiger partial charge in [0, 0.05) is 35.4 Å². The third-order valence-corrected chi connectivity index (χ3v) is 6.63. The predicted molar refractivity (Wildman–Crippen MR) is 136 cm³/mol. The molecule has 4 aromatic rings. The molecule has 0 N–H and O–H groups in total. The summed E-state index contributed by atoms with van der Waals surface area (Å²) in [7, 11) is 3.61. The van der Waals surface area contributed by atoms with Crippen LogP contribution in [0.25, 0.3) is 11.0 Å². The number of aromatic nitrogens is 2. The van der Waals surface area contributed by atoms with Crippen molar-refractivity contribution in [3.63, 3.8) is 0 Å². The van der Waals surface area contributed by atoms with Crippen LogP contribution in [0.3, 0.4) is 0 Å². The predicted octanol–water partition coefficient (Wildman–Crippen LogP) is 5.61. The molecule has 2 aromatic heterocycles. The van der Waals surface area contributed by atoms with Gasteiger partial charge in [0.25, 0.3) is 0 Å². The molecule has 184 valence electrons. The Morgan fingerprint density at radius 1 is 1.03 bits per heavy atom. The fourth-order valence-electron chi connectivity index (χ4n) is 3.77. The Morgan fingerprint density at radius 2 is 1.86 bits per heavy atom. The summed E-state index contributed by atoms with van der Waals surface area (Å²) in [6, 6.07) is 15.7. The number of methoxy groups -OCH3 is 1. The van der Waals surface area contributed by atoms with E-state index in [9.17, 15) is 4.79 Å². The van der Waals surface area contributed by atoms with Gasteiger partial charge in [-0.15, -0.1) is 11.3 Å². The number of ether oxygens (including phenoxy) is 4. The van der Waals surface area contributed by atoms with E-state index in [1.807, 2.05) is 54.9 Å². The molecule has 0 aliphatic carbocycles. The highest BCUT2D eigenvalue weighted by Crippen LogP contribution is 2.29. The van der Waals surface area contributed by atoms with E-state index in [-0.39, 0.29) is 5.97 Å². The Hall–Kier alpha value is -3.52. The van der Waals surface area contributed by atoms with E-state index in [1.165, 1.54) is 4.88 Å². The second kappa shape index (κ2) is 11.3. The molecule has 0 amide bonds. The lowest BCUT2D eigenvalue weighted by molar-refractivity contribution is -0.143. The first kappa shape index (κ1) is 24.6. The van der Waals surface area contributed by atoms with E-state index in [0.29, 0.717) is 44.2 Å². The van der Waals surface area contributed by atoms with Crippen LogP contribution in [0, 0.1) is 6.92 Å². The SMILES string of the molecule is CCOC(=O)CCc1ccc(OCc2nc3ccc(OC)cc3n2C)cc1OCc1ccc(C)s1. The molecule has 0 aliphatic heterocycles. The lowest BCUT2D eigenvalue weighted by Crippen LogP contribution is -2.07. The summed E-state index contributed by atoms with van der Waals surface area (Å²) in [5, 5.41) is 0. The topological polar surface area (TPSA) is 71.8 Å². The molecular formula is C27H30N2O5S. The fourth-order valence-corrected chi connectivity index (χ4v) is 4.57. The van der Waals surface area contributed by atoms with Crippen molar-refractivity contribution in [2.24, 2.45) is 7.05 Å². The third kappa shape index (κ3) is 6.14. The average Bonchev–Trinajstić information content (AvgIpc) is 3.42. The average molecular weight is 495 g/mol. The van der Waals surface area contributed by atoms with Gasteiger partial charge in [0.05, 0.1) is 24.8 Å². The number of fused-ring (bicyclic) bond motifs is 1. The molecule has 2 heterocycles. The zero-order valence-corrected chi connectivity index (χ0v) is 21.3. The minimum atomic E-state index is -0.217. The van der Waals surface area contributed by atoms with Crippen LogP contribution < -0.4 is 14.2 Å². The Bertz CT molecular complexity index is 1310. The largest absolute Gasteiger partial charge is 0.497 e. The Balaban J connectivity index is 1.50. The van der Waals surface area contributed by atoms with Gasteiger partial charge in [0.1, 0.15) is 36.3 Å². The van der Waals surface area contributed by atoms with Gasteiger partial charge in [-0.1, -0.05) is 6.07 Å². The number of thiophene rings is 1. The van der Waals surface area contributed by atoms with Gasteiger partial charge in [-0.3, -0.25) is 4.79 Å². The zero-order valence-electron chi connectivity index (χ0n) is 20.5. The molecule has 0 radical (unpaired) electrons. The van der Waals surface area contributed by atoms with Crippen molar-refractivity contribution in [3.05, 3.63) is 69.7 Å². The van der Waals surface area contributed by atoms with Crippen molar-refractivity contribution < 1.29 is 23.7 Å². The van der Waals surface area contributed by atoms with E-state index in [0.717, 1.165) is 33.0 Å². The first-order chi connectivity index (χ1) is 17.0. The molecule has 0 spiro atoms. The monoisotopic (exact) mass is 494 g/mol. The van der Waals surface area contributed by atoms with Crippen LogP contribution in [-0.4, -0.2) is 29.2 Å². The van der Waals surface area contributed by atoms with Crippen molar-refractivity contribution in [1.29, 1.82) is 0 Å². The first-order valence-electron chi connectivity index (χ1n) is 11.6. The molecule has 0 bridgehead atoms. The lowest BCUT2D eigenvalue weighted by atomic mass is 10.1. The molecule has 0 saturated carbocycles. The number of nitrogens with zero attached hydrogens (tertiary/aromatic N) is 2. The van der Waals surface area contributed by atoms with Crippen LogP contribution in [0.4, 0.5) is 0 Å². The van der Waals surface area contributed by atoms with E-state index >= 15 is 0 Å². The molecule has 2 aromatic carbocycles. The van der Waals surface area contributed by atoms with Crippen LogP contribution in [0.5, 0.6) is 17.2 Å². The minimum absolute atomic E-state index is 0.217. The van der Waals surface area contributed by atoms with Gasteiger partial charge < -0.3 is 23.5 Å². The van der Waals surface area contributed by atoms with E-state index in [4.69, 9.17) is 18.9 Å². The van der Waals surface area contributed by atoms with Gasteiger partial charge in [0.15, 0.2) is 0 Å². The number of hydrogen-bond acceptors (Lipinski definition) is 7. The molecule has 0 unspecified atom stereocenters. The molecule has 4 rings (SSSR count). The number of carbonyl (C=O) groups excluding carboxylic acids is 1. The molecule has 35 heavy (non-hydrogen) atoms. The highest BCUT2D eigenvalue weighted by Gasteiger charge is 2.13. The number of benzene rings is 2. The summed E-state index contributed by atoms with van der Waals surface area (Å²) in [5.41, 5.74) is 2.80. The second-order valence-corrected chi connectivity index (χ2v) is 9.48. The Kier molecular flexibility index (Phi) is 7.92. The van der Waals surface area contributed by atoms with E-state index in [1.54, 1.807) is 18.4 Å². The molecule has 0 aliphatic rings. The van der Waals surface area contributed by atoms with Crippen molar-refractivity contribution in [3.8, 4) is 17.2 Å². The number of hydrogen-bond donors (Lipinski definition) is 0. The summed E-state index contributed by atoms with van der Waals surface area (Å²) in [4.78, 5) is 18.9. The highest BCUT2D eigenvalue weighted by atomic mass is 32.1. The van der Waals surface area contributed by atoms with Crippen molar-refractivity contribution in [2.45, 2.75) is 39.9 Å². The maximum atomic E-state index is 11.9. The summed E-state index contributed by atoms with van der Waals surface area (Å²) in [6.45, 7) is 5.02. The number of rotatable bonds is 11. The zero-order chi connectivity index (χ0) is 24.8. The number of aryl methyl sites for hydroxylation is 3. The van der Waals surface area contributed by atoms with Crippen molar-refractivity contribution >= 4 is 28.3 Å². The normalized spacial score (nSPS) is 11.0. The molecule has 8 heteroatoms. The maximum Gasteiger partial charge on any atom is 0.306 e. The van der Waals surface area contributed by atoms with Gasteiger partial charge in [0.2, 0.25) is 0 Å². The molecule has 7 nitrogen and oxygen atoms in total. The number of carbonyl (C=O) groups is 1. The van der Waals surface area contributed by atoms with Crippen LogP contribution >= 0.6 is 11.3 Å². The smallest absolute Gasteiger partial charge is 0.306 e. The summed E-state index contributed by atoms with van der Waals surface area (Å²) in [5.74, 6) is 2.75. The quantitative estimate of drug-likeness (QED) is 0.253. The Labute approximate surface area is 209 Å². The van der Waals surface area contributed by atoms with E-state index < -0.39 is 0 Å². The van der Waals surface area contributed by atoms with Gasteiger partial charge in [-0.05, 0) is 56.2 Å². The number of imidazole rings is 1. The van der Waals surface area contributed by atoms with Crippen LogP contribution in [0.1, 0.15) is 34.5 Å².